The Bertz CT molecular complexity index is 653. The van der Waals surface area contributed by atoms with Crippen LogP contribution in [0.3, 0.4) is 0 Å². The van der Waals surface area contributed by atoms with E-state index in [-0.39, 0.29) is 11.1 Å². The molecule has 0 radical (unpaired) electrons. The lowest BCUT2D eigenvalue weighted by molar-refractivity contribution is 0.267. The molecule has 2 aromatic rings. The number of nitriles is 1. The van der Waals surface area contributed by atoms with Crippen molar-refractivity contribution in [3.05, 3.63) is 59.0 Å². The van der Waals surface area contributed by atoms with Gasteiger partial charge in [-0.2, -0.15) is 14.6 Å². The third-order valence-corrected chi connectivity index (χ3v) is 2.37. The van der Waals surface area contributed by atoms with Crippen molar-refractivity contribution in [2.24, 2.45) is 0 Å². The predicted octanol–water partition coefficient (Wildman–Crippen LogP) is 2.95. The van der Waals surface area contributed by atoms with E-state index in [9.17, 15) is 13.2 Å². The number of aromatic nitrogens is 1. The molecule has 1 aromatic carbocycles. The molecule has 0 amide bonds. The van der Waals surface area contributed by atoms with Gasteiger partial charge in [0.05, 0.1) is 11.6 Å². The number of rotatable bonds is 3. The van der Waals surface area contributed by atoms with Crippen LogP contribution in [0.5, 0.6) is 5.88 Å². The molecule has 0 atom stereocenters. The van der Waals surface area contributed by atoms with Crippen LogP contribution in [0.15, 0.2) is 30.3 Å². The molecule has 3 nitrogen and oxygen atoms in total. The van der Waals surface area contributed by atoms with Crippen molar-refractivity contribution in [3.63, 3.8) is 0 Å². The Hall–Kier alpha value is -2.55. The molecular formula is C13H7F3N2O. The van der Waals surface area contributed by atoms with Crippen LogP contribution >= 0.6 is 0 Å². The number of nitrogens with zero attached hydrogens (tertiary/aromatic N) is 2. The Morgan fingerprint density at radius 2 is 1.89 bits per heavy atom. The molecule has 0 saturated heterocycles. The topological polar surface area (TPSA) is 45.9 Å². The molecule has 0 aliphatic rings. The highest BCUT2D eigenvalue weighted by molar-refractivity contribution is 5.38. The number of hydrogen-bond donors (Lipinski definition) is 0. The Morgan fingerprint density at radius 3 is 2.63 bits per heavy atom. The molecule has 0 saturated carbocycles. The summed E-state index contributed by atoms with van der Waals surface area (Å²) < 4.78 is 44.5. The predicted molar refractivity (Wildman–Crippen MR) is 59.6 cm³/mol. The van der Waals surface area contributed by atoms with Gasteiger partial charge in [0.1, 0.15) is 12.4 Å². The third-order valence-electron chi connectivity index (χ3n) is 2.37. The zero-order valence-electron chi connectivity index (χ0n) is 9.53. The second-order valence-corrected chi connectivity index (χ2v) is 3.59. The maximum absolute atomic E-state index is 13.5. The van der Waals surface area contributed by atoms with Gasteiger partial charge >= 0.3 is 0 Å². The lowest BCUT2D eigenvalue weighted by atomic mass is 10.1. The Balaban J connectivity index is 2.24. The van der Waals surface area contributed by atoms with Crippen molar-refractivity contribution in [2.75, 3.05) is 0 Å². The fraction of sp³-hybridized carbons (Fsp3) is 0.0769. The standard InChI is InChI=1S/C13H7F3N2O/c14-10-3-1-2-8(6-17)9(10)7-19-13-11(15)4-5-12(16)18-13/h1-5H,7H2. The van der Waals surface area contributed by atoms with Gasteiger partial charge in [-0.3, -0.25) is 0 Å². The molecule has 6 heteroatoms. The zero-order valence-corrected chi connectivity index (χ0v) is 9.53. The minimum Gasteiger partial charge on any atom is -0.470 e. The van der Waals surface area contributed by atoms with E-state index in [4.69, 9.17) is 10.00 Å². The second-order valence-electron chi connectivity index (χ2n) is 3.59. The Morgan fingerprint density at radius 1 is 1.11 bits per heavy atom. The summed E-state index contributed by atoms with van der Waals surface area (Å²) in [6, 6.07) is 7.40. The van der Waals surface area contributed by atoms with Crippen LogP contribution in [0.2, 0.25) is 0 Å². The van der Waals surface area contributed by atoms with Crippen LogP contribution in [0.25, 0.3) is 0 Å². The van der Waals surface area contributed by atoms with Gasteiger partial charge in [-0.1, -0.05) is 6.07 Å². The van der Waals surface area contributed by atoms with Gasteiger partial charge in [-0.05, 0) is 24.3 Å². The first-order valence-electron chi connectivity index (χ1n) is 5.24. The monoisotopic (exact) mass is 264 g/mol. The van der Waals surface area contributed by atoms with Crippen molar-refractivity contribution in [2.45, 2.75) is 6.61 Å². The zero-order chi connectivity index (χ0) is 13.8. The van der Waals surface area contributed by atoms with Crippen LogP contribution < -0.4 is 4.74 Å². The largest absolute Gasteiger partial charge is 0.470 e. The SMILES string of the molecule is N#Cc1cccc(F)c1COc1nc(F)ccc1F. The minimum absolute atomic E-state index is 0.0320. The van der Waals surface area contributed by atoms with Gasteiger partial charge in [-0.25, -0.2) is 8.78 Å². The lowest BCUT2D eigenvalue weighted by Crippen LogP contribution is -2.04. The Kier molecular flexibility index (Phi) is 3.66. The highest BCUT2D eigenvalue weighted by Crippen LogP contribution is 2.18. The fourth-order valence-corrected chi connectivity index (χ4v) is 1.45. The molecule has 1 aromatic heterocycles. The number of hydrogen-bond acceptors (Lipinski definition) is 3. The average Bonchev–Trinajstić information content (AvgIpc) is 2.40. The van der Waals surface area contributed by atoms with Gasteiger partial charge < -0.3 is 4.74 Å². The number of halogens is 3. The molecule has 0 aliphatic heterocycles. The van der Waals surface area contributed by atoms with Crippen molar-refractivity contribution in [1.82, 2.24) is 4.98 Å². The fourth-order valence-electron chi connectivity index (χ4n) is 1.45. The van der Waals surface area contributed by atoms with Gasteiger partial charge in [0.25, 0.3) is 5.88 Å². The van der Waals surface area contributed by atoms with Crippen LogP contribution in [0.1, 0.15) is 11.1 Å². The van der Waals surface area contributed by atoms with Crippen LogP contribution in [0.4, 0.5) is 13.2 Å². The minimum atomic E-state index is -0.912. The molecule has 2 rings (SSSR count). The quantitative estimate of drug-likeness (QED) is 0.801. The molecule has 0 unspecified atom stereocenters. The normalized spacial score (nSPS) is 10.0. The molecule has 19 heavy (non-hydrogen) atoms. The maximum Gasteiger partial charge on any atom is 0.253 e. The van der Waals surface area contributed by atoms with Crippen LogP contribution in [0, 0.1) is 28.9 Å². The summed E-state index contributed by atoms with van der Waals surface area (Å²) in [7, 11) is 0. The summed E-state index contributed by atoms with van der Waals surface area (Å²) in [4.78, 5) is 3.20. The van der Waals surface area contributed by atoms with Crippen LogP contribution in [-0.2, 0) is 6.61 Å². The van der Waals surface area contributed by atoms with E-state index < -0.39 is 30.1 Å². The van der Waals surface area contributed by atoms with Crippen molar-refractivity contribution >= 4 is 0 Å². The highest BCUT2D eigenvalue weighted by atomic mass is 19.1. The van der Waals surface area contributed by atoms with E-state index >= 15 is 0 Å². The smallest absolute Gasteiger partial charge is 0.253 e. The molecular weight excluding hydrogens is 257 g/mol. The highest BCUT2D eigenvalue weighted by Gasteiger charge is 2.12. The summed E-state index contributed by atoms with van der Waals surface area (Å²) in [6.07, 6.45) is 0. The first-order chi connectivity index (χ1) is 9.11. The van der Waals surface area contributed by atoms with Crippen molar-refractivity contribution in [1.29, 1.82) is 5.26 Å². The van der Waals surface area contributed by atoms with Crippen molar-refractivity contribution < 1.29 is 17.9 Å². The first kappa shape index (κ1) is 12.9. The number of benzene rings is 1. The summed E-state index contributed by atoms with van der Waals surface area (Å²) in [5.74, 6) is -3.01. The van der Waals surface area contributed by atoms with Crippen LogP contribution in [-0.4, -0.2) is 4.98 Å². The molecule has 0 fully saturated rings. The van der Waals surface area contributed by atoms with Gasteiger partial charge in [0, 0.05) is 5.56 Å². The maximum atomic E-state index is 13.5. The van der Waals surface area contributed by atoms with Gasteiger partial charge in [0.2, 0.25) is 5.95 Å². The molecule has 0 spiro atoms. The van der Waals surface area contributed by atoms with E-state index in [1.165, 1.54) is 12.1 Å². The summed E-state index contributed by atoms with van der Waals surface area (Å²) in [5, 5.41) is 8.82. The molecule has 0 N–H and O–H groups in total. The van der Waals surface area contributed by atoms with E-state index in [0.29, 0.717) is 0 Å². The van der Waals surface area contributed by atoms with E-state index in [1.807, 2.05) is 0 Å². The number of pyridine rings is 1. The summed E-state index contributed by atoms with van der Waals surface area (Å²) in [6.45, 7) is -0.414. The van der Waals surface area contributed by atoms with Gasteiger partial charge in [-0.15, -0.1) is 0 Å². The van der Waals surface area contributed by atoms with E-state index in [2.05, 4.69) is 4.98 Å². The van der Waals surface area contributed by atoms with Crippen molar-refractivity contribution in [3.8, 4) is 11.9 Å². The second kappa shape index (κ2) is 5.40. The summed E-state index contributed by atoms with van der Waals surface area (Å²) >= 11 is 0. The molecule has 0 aliphatic carbocycles. The first-order valence-corrected chi connectivity index (χ1v) is 5.24. The van der Waals surface area contributed by atoms with E-state index in [0.717, 1.165) is 18.2 Å². The Labute approximate surface area is 106 Å². The molecule has 1 heterocycles. The van der Waals surface area contributed by atoms with E-state index in [1.54, 1.807) is 6.07 Å². The lowest BCUT2D eigenvalue weighted by Gasteiger charge is -2.08. The van der Waals surface area contributed by atoms with Gasteiger partial charge in [0.15, 0.2) is 5.82 Å². The average molecular weight is 264 g/mol. The third kappa shape index (κ3) is 2.83. The number of ether oxygens (including phenoxy) is 1. The molecule has 0 bridgehead atoms. The summed E-state index contributed by atoms with van der Waals surface area (Å²) in [5.41, 5.74) is 0.0345. The molecule has 96 valence electrons.